The molecular formula is C12H11ClO4. The van der Waals surface area contributed by atoms with Crippen molar-refractivity contribution in [3.63, 3.8) is 0 Å². The van der Waals surface area contributed by atoms with Gasteiger partial charge in [-0.05, 0) is 12.1 Å². The zero-order chi connectivity index (χ0) is 12.3. The number of alkyl halides is 1. The summed E-state index contributed by atoms with van der Waals surface area (Å²) in [5.41, 5.74) is -0.0618. The van der Waals surface area contributed by atoms with Gasteiger partial charge in [-0.25, -0.2) is 4.79 Å². The molecule has 5 heteroatoms. The Morgan fingerprint density at radius 2 is 2.18 bits per heavy atom. The molecule has 0 saturated carbocycles. The van der Waals surface area contributed by atoms with Crippen molar-refractivity contribution in [1.29, 1.82) is 0 Å². The van der Waals surface area contributed by atoms with E-state index in [0.29, 0.717) is 11.3 Å². The van der Waals surface area contributed by atoms with Crippen LogP contribution in [-0.4, -0.2) is 23.7 Å². The number of ether oxygens (including phenoxy) is 1. The first kappa shape index (κ1) is 12.0. The van der Waals surface area contributed by atoms with Crippen molar-refractivity contribution >= 4 is 22.6 Å². The third kappa shape index (κ3) is 2.78. The van der Waals surface area contributed by atoms with Gasteiger partial charge in [0.25, 0.3) is 0 Å². The van der Waals surface area contributed by atoms with Gasteiger partial charge >= 0.3 is 5.63 Å². The molecule has 0 aliphatic rings. The van der Waals surface area contributed by atoms with E-state index >= 15 is 0 Å². The first-order valence-electron chi connectivity index (χ1n) is 5.10. The van der Waals surface area contributed by atoms with E-state index in [0.717, 1.165) is 5.39 Å². The number of benzene rings is 1. The normalized spacial score (nSPS) is 12.6. The highest BCUT2D eigenvalue weighted by atomic mass is 35.5. The molecule has 1 heterocycles. The summed E-state index contributed by atoms with van der Waals surface area (Å²) in [7, 11) is 0. The predicted molar refractivity (Wildman–Crippen MR) is 64.7 cm³/mol. The topological polar surface area (TPSA) is 59.7 Å². The largest absolute Gasteiger partial charge is 0.487 e. The SMILES string of the molecule is O=c1ccc2cccc(OCC(O)CCl)c2o1. The lowest BCUT2D eigenvalue weighted by molar-refractivity contribution is 0.125. The maximum absolute atomic E-state index is 11.1. The second-order valence-electron chi connectivity index (χ2n) is 3.55. The molecular weight excluding hydrogens is 244 g/mol. The Kier molecular flexibility index (Phi) is 3.66. The van der Waals surface area contributed by atoms with Crippen LogP contribution in [0.1, 0.15) is 0 Å². The molecule has 4 nitrogen and oxygen atoms in total. The van der Waals surface area contributed by atoms with Crippen molar-refractivity contribution in [2.75, 3.05) is 12.5 Å². The van der Waals surface area contributed by atoms with Crippen LogP contribution in [0, 0.1) is 0 Å². The van der Waals surface area contributed by atoms with Gasteiger partial charge in [0.1, 0.15) is 12.7 Å². The van der Waals surface area contributed by atoms with Crippen LogP contribution >= 0.6 is 11.6 Å². The lowest BCUT2D eigenvalue weighted by Gasteiger charge is -2.10. The van der Waals surface area contributed by atoms with Gasteiger partial charge in [-0.2, -0.15) is 0 Å². The molecule has 0 saturated heterocycles. The molecule has 17 heavy (non-hydrogen) atoms. The van der Waals surface area contributed by atoms with Crippen molar-refractivity contribution in [1.82, 2.24) is 0 Å². The number of fused-ring (bicyclic) bond motifs is 1. The summed E-state index contributed by atoms with van der Waals surface area (Å²) in [5, 5.41) is 10.1. The Hall–Kier alpha value is -1.52. The van der Waals surface area contributed by atoms with E-state index in [9.17, 15) is 9.90 Å². The molecule has 0 aliphatic carbocycles. The van der Waals surface area contributed by atoms with E-state index in [2.05, 4.69) is 0 Å². The van der Waals surface area contributed by atoms with E-state index in [1.54, 1.807) is 18.2 Å². The number of para-hydroxylation sites is 1. The average Bonchev–Trinajstić information content (AvgIpc) is 2.35. The Labute approximate surface area is 102 Å². The van der Waals surface area contributed by atoms with Gasteiger partial charge in [0.2, 0.25) is 0 Å². The first-order chi connectivity index (χ1) is 8.20. The zero-order valence-electron chi connectivity index (χ0n) is 8.93. The van der Waals surface area contributed by atoms with Crippen molar-refractivity contribution in [2.45, 2.75) is 6.10 Å². The third-order valence-electron chi connectivity index (χ3n) is 2.22. The van der Waals surface area contributed by atoms with Gasteiger partial charge < -0.3 is 14.3 Å². The number of hydrogen-bond donors (Lipinski definition) is 1. The van der Waals surface area contributed by atoms with Gasteiger partial charge in [0.15, 0.2) is 11.3 Å². The van der Waals surface area contributed by atoms with E-state index in [-0.39, 0.29) is 12.5 Å². The fourth-order valence-corrected chi connectivity index (χ4v) is 1.50. The second-order valence-corrected chi connectivity index (χ2v) is 3.86. The molecule has 0 aliphatic heterocycles. The van der Waals surface area contributed by atoms with Crippen LogP contribution in [0.25, 0.3) is 11.0 Å². The van der Waals surface area contributed by atoms with Crippen LogP contribution in [0.3, 0.4) is 0 Å². The molecule has 1 N–H and O–H groups in total. The summed E-state index contributed by atoms with van der Waals surface area (Å²) < 4.78 is 10.4. The summed E-state index contributed by atoms with van der Waals surface area (Å²) in [5.74, 6) is 0.513. The minimum Gasteiger partial charge on any atom is -0.487 e. The maximum atomic E-state index is 11.1. The van der Waals surface area contributed by atoms with Crippen molar-refractivity contribution < 1.29 is 14.3 Å². The molecule has 0 fully saturated rings. The van der Waals surface area contributed by atoms with Gasteiger partial charge in [-0.1, -0.05) is 12.1 Å². The highest BCUT2D eigenvalue weighted by Crippen LogP contribution is 2.23. The molecule has 2 aromatic rings. The van der Waals surface area contributed by atoms with E-state index < -0.39 is 11.7 Å². The molecule has 1 unspecified atom stereocenters. The molecule has 1 atom stereocenters. The lowest BCUT2D eigenvalue weighted by Crippen LogP contribution is -2.19. The highest BCUT2D eigenvalue weighted by Gasteiger charge is 2.08. The number of aliphatic hydroxyl groups excluding tert-OH is 1. The van der Waals surface area contributed by atoms with Crippen LogP contribution in [0.15, 0.2) is 39.5 Å². The average molecular weight is 255 g/mol. The summed E-state index contributed by atoms with van der Waals surface area (Å²) in [4.78, 5) is 11.1. The van der Waals surface area contributed by atoms with Gasteiger partial charge in [-0.15, -0.1) is 11.6 Å². The van der Waals surface area contributed by atoms with Gasteiger partial charge in [-0.3, -0.25) is 0 Å². The predicted octanol–water partition coefficient (Wildman–Crippen LogP) is 1.77. The zero-order valence-corrected chi connectivity index (χ0v) is 9.68. The van der Waals surface area contributed by atoms with E-state index in [1.165, 1.54) is 6.07 Å². The Morgan fingerprint density at radius 3 is 2.94 bits per heavy atom. The molecule has 0 spiro atoms. The Morgan fingerprint density at radius 1 is 1.35 bits per heavy atom. The minimum absolute atomic E-state index is 0.0568. The molecule has 90 valence electrons. The first-order valence-corrected chi connectivity index (χ1v) is 5.64. The van der Waals surface area contributed by atoms with Crippen LogP contribution in [-0.2, 0) is 0 Å². The van der Waals surface area contributed by atoms with Crippen LogP contribution in [0.5, 0.6) is 5.75 Å². The summed E-state index contributed by atoms with van der Waals surface area (Å²) in [6.07, 6.45) is -0.748. The number of halogens is 1. The van der Waals surface area contributed by atoms with E-state index in [1.807, 2.05) is 6.07 Å². The number of hydrogen-bond acceptors (Lipinski definition) is 4. The second kappa shape index (κ2) is 5.21. The van der Waals surface area contributed by atoms with Crippen molar-refractivity contribution in [3.8, 4) is 5.75 Å². The molecule has 2 rings (SSSR count). The third-order valence-corrected chi connectivity index (χ3v) is 2.58. The number of aliphatic hydroxyl groups is 1. The lowest BCUT2D eigenvalue weighted by atomic mass is 10.2. The number of rotatable bonds is 4. The van der Waals surface area contributed by atoms with Crippen LogP contribution in [0.2, 0.25) is 0 Å². The van der Waals surface area contributed by atoms with E-state index in [4.69, 9.17) is 20.8 Å². The van der Waals surface area contributed by atoms with Crippen molar-refractivity contribution in [3.05, 3.63) is 40.8 Å². The molecule has 0 radical (unpaired) electrons. The monoisotopic (exact) mass is 254 g/mol. The molecule has 1 aromatic heterocycles. The van der Waals surface area contributed by atoms with Crippen LogP contribution < -0.4 is 10.4 Å². The van der Waals surface area contributed by atoms with Gasteiger partial charge in [0.05, 0.1) is 5.88 Å². The smallest absolute Gasteiger partial charge is 0.336 e. The quantitative estimate of drug-likeness (QED) is 0.667. The Balaban J connectivity index is 2.33. The molecule has 1 aromatic carbocycles. The highest BCUT2D eigenvalue weighted by molar-refractivity contribution is 6.18. The summed E-state index contributed by atoms with van der Waals surface area (Å²) in [6.45, 7) is 0.0568. The summed E-state index contributed by atoms with van der Waals surface area (Å²) in [6, 6.07) is 8.27. The fourth-order valence-electron chi connectivity index (χ4n) is 1.41. The minimum atomic E-state index is -0.748. The Bertz CT molecular complexity index is 564. The maximum Gasteiger partial charge on any atom is 0.336 e. The molecule has 0 bridgehead atoms. The van der Waals surface area contributed by atoms with Gasteiger partial charge in [0, 0.05) is 11.5 Å². The van der Waals surface area contributed by atoms with Crippen molar-refractivity contribution in [2.24, 2.45) is 0 Å². The fraction of sp³-hybridized carbons (Fsp3) is 0.250. The van der Waals surface area contributed by atoms with Crippen LogP contribution in [0.4, 0.5) is 0 Å². The standard InChI is InChI=1S/C12H11ClO4/c13-6-9(14)7-16-10-3-1-2-8-4-5-11(15)17-12(8)10/h1-5,9,14H,6-7H2. The molecule has 0 amide bonds. The summed E-state index contributed by atoms with van der Waals surface area (Å²) >= 11 is 5.46.